The lowest BCUT2D eigenvalue weighted by Crippen LogP contribution is -2.49. The molecule has 2 aromatic heterocycles. The number of rotatable bonds is 6. The van der Waals surface area contributed by atoms with Crippen molar-refractivity contribution in [2.75, 3.05) is 11.3 Å². The maximum atomic E-state index is 14.8. The number of carbonyl (C=O) groups is 1. The Bertz CT molecular complexity index is 1910. The monoisotopic (exact) mass is 684 g/mol. The van der Waals surface area contributed by atoms with E-state index in [1.807, 2.05) is 50.8 Å². The minimum Gasteiger partial charge on any atom is -0.488 e. The Kier molecular flexibility index (Phi) is 9.87. The summed E-state index contributed by atoms with van der Waals surface area (Å²) in [6.07, 6.45) is 6.47. The first-order chi connectivity index (χ1) is 23.4. The third-order valence-corrected chi connectivity index (χ3v) is 10.4. The number of ether oxygens (including phenoxy) is 2. The number of aromatic nitrogens is 4. The van der Waals surface area contributed by atoms with Crippen LogP contribution in [-0.4, -0.2) is 57.9 Å². The van der Waals surface area contributed by atoms with Crippen LogP contribution in [0.25, 0.3) is 11.3 Å². The molecule has 0 unspecified atom stereocenters. The number of hydrogen-bond acceptors (Lipinski definition) is 9. The zero-order chi connectivity index (χ0) is 34.9. The van der Waals surface area contributed by atoms with E-state index in [-0.39, 0.29) is 46.8 Å². The molecule has 258 valence electrons. The van der Waals surface area contributed by atoms with Crippen LogP contribution in [0.3, 0.4) is 0 Å². The Morgan fingerprint density at radius 1 is 0.980 bits per heavy atom. The molecule has 0 aliphatic carbocycles. The summed E-state index contributed by atoms with van der Waals surface area (Å²) in [5.74, 6) is 1.28. The average Bonchev–Trinajstić information content (AvgIpc) is 3.21. The SMILES string of the molecule is Cc1cccc(C)c1-c1cc2nc(n1)NS(=O)(=O)c1cccc(c1)C(=O)N1[C@@H](c3ncc(OC(C)C)cn3)CCC[C@@H](CC(C)C)[C@H]1CO2. The molecule has 4 aromatic rings. The molecule has 11 nitrogen and oxygen atoms in total. The normalized spacial score (nSPS) is 20.6. The number of hydrogen-bond donors (Lipinski definition) is 1. The van der Waals surface area contributed by atoms with E-state index in [4.69, 9.17) is 19.4 Å². The fourth-order valence-electron chi connectivity index (χ4n) is 7.02. The van der Waals surface area contributed by atoms with E-state index in [0.717, 1.165) is 36.0 Å². The van der Waals surface area contributed by atoms with Crippen molar-refractivity contribution in [3.05, 3.63) is 83.4 Å². The number of anilines is 1. The van der Waals surface area contributed by atoms with Gasteiger partial charge in [0.1, 0.15) is 6.61 Å². The Labute approximate surface area is 288 Å². The highest BCUT2D eigenvalue weighted by atomic mass is 32.2. The number of fused-ring (bicyclic) bond motifs is 5. The van der Waals surface area contributed by atoms with Crippen LogP contribution in [0.5, 0.6) is 11.6 Å². The van der Waals surface area contributed by atoms with Gasteiger partial charge in [-0.1, -0.05) is 44.5 Å². The Hall–Kier alpha value is -4.58. The van der Waals surface area contributed by atoms with Crippen molar-refractivity contribution in [3.63, 3.8) is 0 Å². The van der Waals surface area contributed by atoms with Gasteiger partial charge < -0.3 is 14.4 Å². The van der Waals surface area contributed by atoms with E-state index < -0.39 is 22.1 Å². The van der Waals surface area contributed by atoms with Crippen LogP contribution in [-0.2, 0) is 10.0 Å². The standard InChI is InChI=1S/C37H44N6O5S/c1-22(2)16-26-12-9-15-31(35-38-19-28(20-39-35)48-23(3)4)43-32(26)21-47-33-18-30(34-24(5)10-7-11-25(34)6)40-37(41-33)42-49(45,46)29-14-8-13-27(17-29)36(43)44/h7-8,10-11,13-14,17-20,22-23,26,31-32H,9,12,15-16,21H2,1-6H3,(H,40,41,42)/t26-,31+,32+/m0/s1. The van der Waals surface area contributed by atoms with Crippen molar-refractivity contribution in [2.24, 2.45) is 11.8 Å². The Morgan fingerprint density at radius 2 is 1.69 bits per heavy atom. The molecule has 1 saturated heterocycles. The minimum atomic E-state index is -4.18. The van der Waals surface area contributed by atoms with Crippen LogP contribution < -0.4 is 14.2 Å². The van der Waals surface area contributed by atoms with Crippen LogP contribution in [0, 0.1) is 25.7 Å². The molecule has 2 aromatic carbocycles. The quantitative estimate of drug-likeness (QED) is 0.229. The molecule has 3 atom stereocenters. The minimum absolute atomic E-state index is 0.0398. The molecule has 6 rings (SSSR count). The summed E-state index contributed by atoms with van der Waals surface area (Å²) in [6.45, 7) is 12.3. The first kappa shape index (κ1) is 34.3. The molecule has 2 aliphatic rings. The van der Waals surface area contributed by atoms with Crippen LogP contribution in [0.15, 0.2) is 65.8 Å². The fraction of sp³-hybridized carbons (Fsp3) is 0.432. The van der Waals surface area contributed by atoms with E-state index in [9.17, 15) is 13.2 Å². The van der Waals surface area contributed by atoms with Gasteiger partial charge in [-0.25, -0.2) is 28.1 Å². The number of sulfonamides is 1. The van der Waals surface area contributed by atoms with E-state index in [2.05, 4.69) is 28.5 Å². The van der Waals surface area contributed by atoms with Gasteiger partial charge in [0.25, 0.3) is 15.9 Å². The van der Waals surface area contributed by atoms with Gasteiger partial charge in [0, 0.05) is 17.2 Å². The molecule has 1 N–H and O–H groups in total. The van der Waals surface area contributed by atoms with E-state index in [1.165, 1.54) is 12.1 Å². The van der Waals surface area contributed by atoms with Crippen molar-refractivity contribution in [1.29, 1.82) is 0 Å². The van der Waals surface area contributed by atoms with E-state index in [0.29, 0.717) is 29.6 Å². The molecule has 1 amide bonds. The lowest BCUT2D eigenvalue weighted by molar-refractivity contribution is 0.0346. The molecule has 12 heteroatoms. The largest absolute Gasteiger partial charge is 0.488 e. The van der Waals surface area contributed by atoms with Crippen molar-refractivity contribution in [1.82, 2.24) is 24.8 Å². The Balaban J connectivity index is 1.52. The predicted octanol–water partition coefficient (Wildman–Crippen LogP) is 6.93. The van der Waals surface area contributed by atoms with E-state index in [1.54, 1.807) is 30.6 Å². The molecule has 4 heterocycles. The van der Waals surface area contributed by atoms with Crippen LogP contribution in [0.2, 0.25) is 0 Å². The highest BCUT2D eigenvalue weighted by Crippen LogP contribution is 2.39. The van der Waals surface area contributed by atoms with Crippen molar-refractivity contribution < 1.29 is 22.7 Å². The topological polar surface area (TPSA) is 136 Å². The second kappa shape index (κ2) is 14.1. The van der Waals surface area contributed by atoms with Crippen LogP contribution in [0.1, 0.15) is 86.7 Å². The molecule has 49 heavy (non-hydrogen) atoms. The fourth-order valence-corrected chi connectivity index (χ4v) is 8.01. The molecule has 4 bridgehead atoms. The highest BCUT2D eigenvalue weighted by Gasteiger charge is 2.41. The number of benzene rings is 2. The molecule has 0 radical (unpaired) electrons. The maximum Gasteiger partial charge on any atom is 0.264 e. The van der Waals surface area contributed by atoms with Crippen molar-refractivity contribution in [3.8, 4) is 22.9 Å². The van der Waals surface area contributed by atoms with Gasteiger partial charge in [-0.05, 0) is 88.1 Å². The van der Waals surface area contributed by atoms with Crippen LogP contribution in [0.4, 0.5) is 5.95 Å². The van der Waals surface area contributed by atoms with Gasteiger partial charge in [0.15, 0.2) is 11.6 Å². The number of aryl methyl sites for hydroxylation is 2. The lowest BCUT2D eigenvalue weighted by Gasteiger charge is -2.39. The van der Waals surface area contributed by atoms with Crippen molar-refractivity contribution in [2.45, 2.75) is 90.3 Å². The van der Waals surface area contributed by atoms with Gasteiger partial charge in [0.2, 0.25) is 11.8 Å². The first-order valence-corrected chi connectivity index (χ1v) is 18.4. The molecule has 1 fully saturated rings. The Morgan fingerprint density at radius 3 is 2.39 bits per heavy atom. The van der Waals surface area contributed by atoms with Gasteiger partial charge in [0.05, 0.1) is 41.2 Å². The average molecular weight is 685 g/mol. The maximum absolute atomic E-state index is 14.8. The number of nitrogens with one attached hydrogen (secondary N) is 1. The van der Waals surface area contributed by atoms with Gasteiger partial charge in [-0.3, -0.25) is 4.79 Å². The number of carbonyl (C=O) groups excluding carboxylic acids is 1. The van der Waals surface area contributed by atoms with Crippen LogP contribution >= 0.6 is 0 Å². The zero-order valence-electron chi connectivity index (χ0n) is 28.9. The van der Waals surface area contributed by atoms with Gasteiger partial charge in [-0.2, -0.15) is 4.98 Å². The van der Waals surface area contributed by atoms with Gasteiger partial charge >= 0.3 is 0 Å². The molecule has 0 saturated carbocycles. The lowest BCUT2D eigenvalue weighted by atomic mass is 9.87. The summed E-state index contributed by atoms with van der Waals surface area (Å²) in [7, 11) is -4.18. The van der Waals surface area contributed by atoms with E-state index >= 15 is 0 Å². The number of amides is 1. The molecule has 2 aliphatic heterocycles. The number of nitrogens with zero attached hydrogens (tertiary/aromatic N) is 5. The summed E-state index contributed by atoms with van der Waals surface area (Å²) in [6, 6.07) is 12.9. The molecule has 0 spiro atoms. The third-order valence-electron chi connectivity index (χ3n) is 9.08. The summed E-state index contributed by atoms with van der Waals surface area (Å²) >= 11 is 0. The highest BCUT2D eigenvalue weighted by molar-refractivity contribution is 7.92. The summed E-state index contributed by atoms with van der Waals surface area (Å²) in [5.41, 5.74) is 3.60. The molecular weight excluding hydrogens is 641 g/mol. The second-order valence-corrected chi connectivity index (χ2v) is 15.4. The second-order valence-electron chi connectivity index (χ2n) is 13.7. The van der Waals surface area contributed by atoms with Gasteiger partial charge in [-0.15, -0.1) is 0 Å². The summed E-state index contributed by atoms with van der Waals surface area (Å²) in [5, 5.41) is 0. The zero-order valence-corrected chi connectivity index (χ0v) is 29.7. The third kappa shape index (κ3) is 7.54. The summed E-state index contributed by atoms with van der Waals surface area (Å²) in [4.78, 5) is 35.1. The smallest absolute Gasteiger partial charge is 0.264 e. The predicted molar refractivity (Wildman–Crippen MR) is 187 cm³/mol. The first-order valence-electron chi connectivity index (χ1n) is 16.9. The molecular formula is C37H44N6O5S. The van der Waals surface area contributed by atoms with Crippen molar-refractivity contribution >= 4 is 21.9 Å². The summed E-state index contributed by atoms with van der Waals surface area (Å²) < 4.78 is 42.4.